The van der Waals surface area contributed by atoms with E-state index in [9.17, 15) is 13.2 Å². The third-order valence-corrected chi connectivity index (χ3v) is 3.55. The van der Waals surface area contributed by atoms with Crippen LogP contribution < -0.4 is 5.32 Å². The van der Waals surface area contributed by atoms with Crippen LogP contribution in [0.3, 0.4) is 0 Å². The second-order valence-electron chi connectivity index (χ2n) is 2.79. The smallest absolute Gasteiger partial charge is 0.238 e. The molecule has 0 radical (unpaired) electrons. The highest BCUT2D eigenvalue weighted by Gasteiger charge is 2.32. The molecule has 1 atom stereocenters. The Kier molecular flexibility index (Phi) is 2.72. The van der Waals surface area contributed by atoms with Crippen LogP contribution in [-0.2, 0) is 14.8 Å². The molecule has 0 aliphatic carbocycles. The van der Waals surface area contributed by atoms with Crippen LogP contribution in [0.2, 0.25) is 0 Å². The Morgan fingerprint density at radius 3 is 2.85 bits per heavy atom. The van der Waals surface area contributed by atoms with Crippen molar-refractivity contribution in [3.63, 3.8) is 0 Å². The van der Waals surface area contributed by atoms with Gasteiger partial charge in [0.15, 0.2) is 0 Å². The van der Waals surface area contributed by atoms with Gasteiger partial charge in [-0.1, -0.05) is 6.58 Å². The second-order valence-corrected chi connectivity index (χ2v) is 4.62. The monoisotopic (exact) mass is 204 g/mol. The van der Waals surface area contributed by atoms with E-state index in [2.05, 4.69) is 11.9 Å². The van der Waals surface area contributed by atoms with Crippen molar-refractivity contribution in [1.29, 1.82) is 0 Å². The second kappa shape index (κ2) is 3.47. The fourth-order valence-electron chi connectivity index (χ4n) is 1.20. The van der Waals surface area contributed by atoms with Crippen LogP contribution in [0, 0.1) is 0 Å². The standard InChI is InChI=1S/C7H12N2O3S/c1-3-13(11,12)9-5-4-8-7(10)6(9)2/h3,6H,1,4-5H2,2H3,(H,8,10). The molecule has 1 heterocycles. The first-order valence-electron chi connectivity index (χ1n) is 3.91. The Morgan fingerprint density at radius 2 is 2.31 bits per heavy atom. The molecule has 1 saturated heterocycles. The molecule has 6 heteroatoms. The SMILES string of the molecule is C=CS(=O)(=O)N1CCNC(=O)C1C. The van der Waals surface area contributed by atoms with Gasteiger partial charge in [0, 0.05) is 18.5 Å². The number of rotatable bonds is 2. The van der Waals surface area contributed by atoms with E-state index >= 15 is 0 Å². The molecule has 1 aliphatic heterocycles. The van der Waals surface area contributed by atoms with Gasteiger partial charge in [-0.15, -0.1) is 0 Å². The zero-order valence-corrected chi connectivity index (χ0v) is 8.17. The number of sulfonamides is 1. The lowest BCUT2D eigenvalue weighted by Crippen LogP contribution is -2.55. The molecule has 1 aliphatic rings. The molecular formula is C7H12N2O3S. The van der Waals surface area contributed by atoms with Crippen molar-refractivity contribution in [3.8, 4) is 0 Å². The molecule has 0 aromatic heterocycles. The summed E-state index contributed by atoms with van der Waals surface area (Å²) in [6.45, 7) is 5.42. The summed E-state index contributed by atoms with van der Waals surface area (Å²) in [5.74, 6) is -0.267. The maximum Gasteiger partial charge on any atom is 0.238 e. The molecular weight excluding hydrogens is 192 g/mol. The number of hydrogen-bond acceptors (Lipinski definition) is 3. The van der Waals surface area contributed by atoms with E-state index in [0.29, 0.717) is 13.1 Å². The molecule has 13 heavy (non-hydrogen) atoms. The molecule has 1 unspecified atom stereocenters. The number of carbonyl (C=O) groups is 1. The topological polar surface area (TPSA) is 66.5 Å². The Morgan fingerprint density at radius 1 is 1.69 bits per heavy atom. The van der Waals surface area contributed by atoms with E-state index in [1.807, 2.05) is 0 Å². The summed E-state index contributed by atoms with van der Waals surface area (Å²) in [5.41, 5.74) is 0. The van der Waals surface area contributed by atoms with Crippen LogP contribution in [0.5, 0.6) is 0 Å². The van der Waals surface area contributed by atoms with Crippen molar-refractivity contribution in [1.82, 2.24) is 9.62 Å². The van der Waals surface area contributed by atoms with Gasteiger partial charge in [-0.25, -0.2) is 8.42 Å². The first-order valence-corrected chi connectivity index (χ1v) is 5.41. The molecule has 5 nitrogen and oxygen atoms in total. The molecule has 1 fully saturated rings. The summed E-state index contributed by atoms with van der Waals surface area (Å²) < 4.78 is 23.8. The molecule has 0 aromatic rings. The summed E-state index contributed by atoms with van der Waals surface area (Å²) in [5, 5.41) is 3.44. The summed E-state index contributed by atoms with van der Waals surface area (Å²) in [6, 6.07) is -0.642. The summed E-state index contributed by atoms with van der Waals surface area (Å²) in [7, 11) is -3.47. The fourth-order valence-corrected chi connectivity index (χ4v) is 2.28. The van der Waals surface area contributed by atoms with Crippen molar-refractivity contribution in [2.24, 2.45) is 0 Å². The number of hydrogen-bond donors (Lipinski definition) is 1. The van der Waals surface area contributed by atoms with Crippen LogP contribution in [0.15, 0.2) is 12.0 Å². The van der Waals surface area contributed by atoms with E-state index in [0.717, 1.165) is 9.71 Å². The molecule has 0 aromatic carbocycles. The van der Waals surface area contributed by atoms with E-state index in [1.54, 1.807) is 6.92 Å². The van der Waals surface area contributed by atoms with Crippen LogP contribution in [0.4, 0.5) is 0 Å². The molecule has 1 amide bonds. The minimum atomic E-state index is -3.47. The van der Waals surface area contributed by atoms with Crippen LogP contribution in [-0.4, -0.2) is 37.8 Å². The zero-order chi connectivity index (χ0) is 10.1. The predicted octanol–water partition coefficient (Wildman–Crippen LogP) is -0.720. The number of nitrogens with zero attached hydrogens (tertiary/aromatic N) is 1. The van der Waals surface area contributed by atoms with Gasteiger partial charge in [0.25, 0.3) is 0 Å². The van der Waals surface area contributed by atoms with E-state index in [-0.39, 0.29) is 5.91 Å². The highest BCUT2D eigenvalue weighted by molar-refractivity contribution is 7.92. The molecule has 0 saturated carbocycles. The van der Waals surface area contributed by atoms with Crippen LogP contribution in [0.25, 0.3) is 0 Å². The van der Waals surface area contributed by atoms with Gasteiger partial charge < -0.3 is 5.32 Å². The highest BCUT2D eigenvalue weighted by Crippen LogP contribution is 2.10. The zero-order valence-electron chi connectivity index (χ0n) is 7.36. The van der Waals surface area contributed by atoms with Gasteiger partial charge in [0.2, 0.25) is 15.9 Å². The van der Waals surface area contributed by atoms with Crippen molar-refractivity contribution in [3.05, 3.63) is 12.0 Å². The van der Waals surface area contributed by atoms with Crippen LogP contribution in [0.1, 0.15) is 6.92 Å². The summed E-state index contributed by atoms with van der Waals surface area (Å²) in [6.07, 6.45) is 0. The number of nitrogens with one attached hydrogen (secondary N) is 1. The lowest BCUT2D eigenvalue weighted by Gasteiger charge is -2.30. The van der Waals surface area contributed by atoms with E-state index in [4.69, 9.17) is 0 Å². The van der Waals surface area contributed by atoms with E-state index in [1.165, 1.54) is 0 Å². The highest BCUT2D eigenvalue weighted by atomic mass is 32.2. The Bertz CT molecular complexity index is 323. The Labute approximate surface area is 77.5 Å². The summed E-state index contributed by atoms with van der Waals surface area (Å²) in [4.78, 5) is 11.1. The summed E-state index contributed by atoms with van der Waals surface area (Å²) >= 11 is 0. The van der Waals surface area contributed by atoms with E-state index < -0.39 is 16.1 Å². The lowest BCUT2D eigenvalue weighted by molar-refractivity contribution is -0.126. The molecule has 1 N–H and O–H groups in total. The van der Waals surface area contributed by atoms with Gasteiger partial charge in [-0.3, -0.25) is 4.79 Å². The average Bonchev–Trinajstić information content (AvgIpc) is 2.09. The third-order valence-electron chi connectivity index (χ3n) is 1.98. The maximum absolute atomic E-state index is 11.3. The van der Waals surface area contributed by atoms with Gasteiger partial charge in [-0.05, 0) is 6.92 Å². The van der Waals surface area contributed by atoms with Crippen molar-refractivity contribution >= 4 is 15.9 Å². The van der Waals surface area contributed by atoms with Gasteiger partial charge in [-0.2, -0.15) is 4.31 Å². The van der Waals surface area contributed by atoms with Crippen molar-refractivity contribution in [2.75, 3.05) is 13.1 Å². The minimum Gasteiger partial charge on any atom is -0.353 e. The first kappa shape index (κ1) is 10.2. The largest absolute Gasteiger partial charge is 0.353 e. The first-order chi connectivity index (χ1) is 5.99. The normalized spacial score (nSPS) is 25.3. The van der Waals surface area contributed by atoms with Gasteiger partial charge in [0.1, 0.15) is 6.04 Å². The Hall–Kier alpha value is -0.880. The fraction of sp³-hybridized carbons (Fsp3) is 0.571. The van der Waals surface area contributed by atoms with Crippen molar-refractivity contribution in [2.45, 2.75) is 13.0 Å². The number of piperazine rings is 1. The quantitative estimate of drug-likeness (QED) is 0.645. The predicted molar refractivity (Wildman–Crippen MR) is 48.3 cm³/mol. The average molecular weight is 204 g/mol. The minimum absolute atomic E-state index is 0.267. The number of carbonyl (C=O) groups excluding carboxylic acids is 1. The lowest BCUT2D eigenvalue weighted by atomic mass is 10.2. The molecule has 0 spiro atoms. The van der Waals surface area contributed by atoms with Crippen LogP contribution >= 0.6 is 0 Å². The van der Waals surface area contributed by atoms with Crippen molar-refractivity contribution < 1.29 is 13.2 Å². The Balaban J connectivity index is 2.92. The molecule has 74 valence electrons. The maximum atomic E-state index is 11.3. The molecule has 1 rings (SSSR count). The third kappa shape index (κ3) is 1.89. The van der Waals surface area contributed by atoms with Gasteiger partial charge in [0.05, 0.1) is 0 Å². The molecule has 0 bridgehead atoms. The number of amides is 1. The van der Waals surface area contributed by atoms with Gasteiger partial charge >= 0.3 is 0 Å².